The fourth-order valence-electron chi connectivity index (χ4n) is 2.99. The molecule has 30 heavy (non-hydrogen) atoms. The highest BCUT2D eigenvalue weighted by Gasteiger charge is 2.06. The lowest BCUT2D eigenvalue weighted by molar-refractivity contribution is -0.120. The number of methoxy groups -OCH3 is 1. The van der Waals surface area contributed by atoms with E-state index in [4.69, 9.17) is 9.47 Å². The van der Waals surface area contributed by atoms with Crippen LogP contribution in [0.4, 0.5) is 0 Å². The van der Waals surface area contributed by atoms with Gasteiger partial charge in [0.15, 0.2) is 0 Å². The first-order valence-electron chi connectivity index (χ1n) is 9.78. The lowest BCUT2D eigenvalue weighted by Gasteiger charge is -2.09. The van der Waals surface area contributed by atoms with Gasteiger partial charge in [0.1, 0.15) is 11.5 Å². The highest BCUT2D eigenvalue weighted by atomic mass is 16.5. The number of rotatable bonds is 9. The average Bonchev–Trinajstić information content (AvgIpc) is 2.76. The van der Waals surface area contributed by atoms with Gasteiger partial charge >= 0.3 is 0 Å². The summed E-state index contributed by atoms with van der Waals surface area (Å²) in [4.78, 5) is 28.9. The van der Waals surface area contributed by atoms with Crippen molar-refractivity contribution in [3.63, 3.8) is 0 Å². The molecule has 0 bridgehead atoms. The maximum absolute atomic E-state index is 12.4. The molecule has 7 nitrogen and oxygen atoms in total. The molecule has 3 rings (SSSR count). The van der Waals surface area contributed by atoms with E-state index in [0.717, 1.165) is 16.9 Å². The van der Waals surface area contributed by atoms with Crippen molar-refractivity contribution in [2.75, 3.05) is 20.3 Å². The zero-order valence-electron chi connectivity index (χ0n) is 17.1. The van der Waals surface area contributed by atoms with Crippen LogP contribution in [0.1, 0.15) is 12.5 Å². The maximum atomic E-state index is 12.4. The van der Waals surface area contributed by atoms with Gasteiger partial charge in [-0.1, -0.05) is 12.1 Å². The molecule has 0 saturated carbocycles. The molecule has 1 heterocycles. The third-order valence-electron chi connectivity index (χ3n) is 4.51. The van der Waals surface area contributed by atoms with Gasteiger partial charge in [-0.15, -0.1) is 0 Å². The van der Waals surface area contributed by atoms with Crippen LogP contribution >= 0.6 is 0 Å². The van der Waals surface area contributed by atoms with Gasteiger partial charge in [0, 0.05) is 24.7 Å². The van der Waals surface area contributed by atoms with E-state index in [1.54, 1.807) is 7.11 Å². The van der Waals surface area contributed by atoms with Crippen molar-refractivity contribution in [2.45, 2.75) is 19.9 Å². The normalized spacial score (nSPS) is 10.5. The Morgan fingerprint density at radius 2 is 1.90 bits per heavy atom. The minimum absolute atomic E-state index is 0.115. The monoisotopic (exact) mass is 407 g/mol. The van der Waals surface area contributed by atoms with Crippen LogP contribution in [-0.2, 0) is 17.8 Å². The van der Waals surface area contributed by atoms with Crippen LogP contribution in [0.25, 0.3) is 11.3 Å². The molecule has 0 atom stereocenters. The number of carbonyl (C=O) groups is 1. The second-order valence-electron chi connectivity index (χ2n) is 6.64. The third kappa shape index (κ3) is 5.70. The summed E-state index contributed by atoms with van der Waals surface area (Å²) in [5.41, 5.74) is 2.14. The third-order valence-corrected chi connectivity index (χ3v) is 4.51. The molecule has 0 unspecified atom stereocenters. The summed E-state index contributed by atoms with van der Waals surface area (Å²) in [5, 5.41) is 2.83. The molecule has 0 spiro atoms. The van der Waals surface area contributed by atoms with Gasteiger partial charge in [0.2, 0.25) is 5.91 Å². The largest absolute Gasteiger partial charge is 0.497 e. The minimum Gasteiger partial charge on any atom is -0.497 e. The standard InChI is InChI=1S/C23H25N3O4/c1-3-30-19-9-7-18(8-10-19)21-15-23(28)26(16-25-21)12-11-24-22(27)14-17-5-4-6-20(13-17)29-2/h4-10,13,15-16H,3,11-12,14H2,1-2H3,(H,24,27). The summed E-state index contributed by atoms with van der Waals surface area (Å²) < 4.78 is 12.1. The first-order chi connectivity index (χ1) is 14.6. The molecule has 156 valence electrons. The Bertz CT molecular complexity index is 1040. The van der Waals surface area contributed by atoms with Gasteiger partial charge in [-0.05, 0) is 48.9 Å². The van der Waals surface area contributed by atoms with Gasteiger partial charge in [0.25, 0.3) is 5.56 Å². The van der Waals surface area contributed by atoms with Crippen LogP contribution < -0.4 is 20.3 Å². The first kappa shape index (κ1) is 21.1. The lowest BCUT2D eigenvalue weighted by Crippen LogP contribution is -2.31. The number of hydrogen-bond acceptors (Lipinski definition) is 5. The Kier molecular flexibility index (Phi) is 7.21. The molecule has 1 aromatic heterocycles. The molecule has 7 heteroatoms. The van der Waals surface area contributed by atoms with Gasteiger partial charge in [-0.2, -0.15) is 0 Å². The van der Waals surface area contributed by atoms with Crippen molar-refractivity contribution in [1.29, 1.82) is 0 Å². The Morgan fingerprint density at radius 3 is 2.60 bits per heavy atom. The number of ether oxygens (including phenoxy) is 2. The fraction of sp³-hybridized carbons (Fsp3) is 0.261. The summed E-state index contributed by atoms with van der Waals surface area (Å²) in [5.74, 6) is 1.38. The van der Waals surface area contributed by atoms with Gasteiger partial charge in [-0.25, -0.2) is 4.98 Å². The van der Waals surface area contributed by atoms with Crippen LogP contribution in [0.15, 0.2) is 65.7 Å². The molecular formula is C23H25N3O4. The van der Waals surface area contributed by atoms with E-state index in [-0.39, 0.29) is 17.9 Å². The first-order valence-corrected chi connectivity index (χ1v) is 9.78. The van der Waals surface area contributed by atoms with Crippen molar-refractivity contribution >= 4 is 5.91 Å². The van der Waals surface area contributed by atoms with Gasteiger partial charge < -0.3 is 14.8 Å². The number of amides is 1. The number of nitrogens with zero attached hydrogens (tertiary/aromatic N) is 2. The van der Waals surface area contributed by atoms with E-state index in [0.29, 0.717) is 31.1 Å². The predicted octanol–water partition coefficient (Wildman–Crippen LogP) is 2.68. The second-order valence-corrected chi connectivity index (χ2v) is 6.64. The summed E-state index contributed by atoms with van der Waals surface area (Å²) in [7, 11) is 1.59. The van der Waals surface area contributed by atoms with Crippen molar-refractivity contribution in [2.24, 2.45) is 0 Å². The van der Waals surface area contributed by atoms with Crippen LogP contribution in [0.5, 0.6) is 11.5 Å². The van der Waals surface area contributed by atoms with Crippen molar-refractivity contribution in [3.8, 4) is 22.8 Å². The molecule has 0 aliphatic rings. The lowest BCUT2D eigenvalue weighted by atomic mass is 10.1. The Labute approximate surface area is 175 Å². The smallest absolute Gasteiger partial charge is 0.253 e. The molecule has 0 aliphatic carbocycles. The molecule has 3 aromatic rings. The topological polar surface area (TPSA) is 82.5 Å². The summed E-state index contributed by atoms with van der Waals surface area (Å²) in [6.07, 6.45) is 1.75. The second kappa shape index (κ2) is 10.2. The quantitative estimate of drug-likeness (QED) is 0.590. The number of aromatic nitrogens is 2. The van der Waals surface area contributed by atoms with Crippen molar-refractivity contribution in [3.05, 3.63) is 76.8 Å². The van der Waals surface area contributed by atoms with Crippen molar-refractivity contribution in [1.82, 2.24) is 14.9 Å². The number of nitrogens with one attached hydrogen (secondary N) is 1. The summed E-state index contributed by atoms with van der Waals surface area (Å²) >= 11 is 0. The average molecular weight is 407 g/mol. The molecule has 0 fully saturated rings. The van der Waals surface area contributed by atoms with E-state index in [1.165, 1.54) is 17.0 Å². The van der Waals surface area contributed by atoms with Crippen molar-refractivity contribution < 1.29 is 14.3 Å². The zero-order chi connectivity index (χ0) is 21.3. The molecule has 1 amide bonds. The molecule has 0 aliphatic heterocycles. The van der Waals surface area contributed by atoms with E-state index in [2.05, 4.69) is 10.3 Å². The van der Waals surface area contributed by atoms with Crippen LogP contribution in [0, 0.1) is 0 Å². The van der Waals surface area contributed by atoms with Crippen LogP contribution in [0.2, 0.25) is 0 Å². The van der Waals surface area contributed by atoms with Gasteiger partial charge in [-0.3, -0.25) is 14.2 Å². The number of benzene rings is 2. The van der Waals surface area contributed by atoms with Crippen LogP contribution in [0.3, 0.4) is 0 Å². The van der Waals surface area contributed by atoms with E-state index >= 15 is 0 Å². The number of carbonyl (C=O) groups excluding carboxylic acids is 1. The van der Waals surface area contributed by atoms with E-state index in [9.17, 15) is 9.59 Å². The highest BCUT2D eigenvalue weighted by molar-refractivity contribution is 5.78. The predicted molar refractivity (Wildman–Crippen MR) is 115 cm³/mol. The Balaban J connectivity index is 1.54. The zero-order valence-corrected chi connectivity index (χ0v) is 17.1. The van der Waals surface area contributed by atoms with E-state index < -0.39 is 0 Å². The SMILES string of the molecule is CCOc1ccc(-c2cc(=O)n(CCNC(=O)Cc3cccc(OC)c3)cn2)cc1. The molecule has 2 aromatic carbocycles. The molecule has 0 radical (unpaired) electrons. The molecular weight excluding hydrogens is 382 g/mol. The Morgan fingerprint density at radius 1 is 1.10 bits per heavy atom. The molecule has 1 N–H and O–H groups in total. The highest BCUT2D eigenvalue weighted by Crippen LogP contribution is 2.19. The number of hydrogen-bond donors (Lipinski definition) is 1. The van der Waals surface area contributed by atoms with Crippen LogP contribution in [-0.4, -0.2) is 35.7 Å². The minimum atomic E-state index is -0.170. The summed E-state index contributed by atoms with van der Waals surface area (Å²) in [6, 6.07) is 16.3. The van der Waals surface area contributed by atoms with Gasteiger partial charge in [0.05, 0.1) is 32.2 Å². The molecule has 0 saturated heterocycles. The maximum Gasteiger partial charge on any atom is 0.253 e. The summed E-state index contributed by atoms with van der Waals surface area (Å²) in [6.45, 7) is 3.21. The Hall–Kier alpha value is -3.61. The van der Waals surface area contributed by atoms with E-state index in [1.807, 2.05) is 55.5 Å². The fourth-order valence-corrected chi connectivity index (χ4v) is 2.99.